The van der Waals surface area contributed by atoms with Crippen LogP contribution in [0.2, 0.25) is 0 Å². The molecule has 0 aliphatic heterocycles. The Kier molecular flexibility index (Phi) is 7.45. The fourth-order valence-corrected chi connectivity index (χ4v) is 3.12. The van der Waals surface area contributed by atoms with Crippen LogP contribution < -0.4 is 10.6 Å². The first kappa shape index (κ1) is 21.0. The van der Waals surface area contributed by atoms with Crippen molar-refractivity contribution in [3.05, 3.63) is 41.1 Å². The van der Waals surface area contributed by atoms with Crippen LogP contribution in [0.3, 0.4) is 0 Å². The Morgan fingerprint density at radius 1 is 1.15 bits per heavy atom. The number of hydrogen-bond donors (Lipinski definition) is 3. The number of unbranched alkanes of at least 4 members (excludes halogenated alkanes) is 1. The van der Waals surface area contributed by atoms with Gasteiger partial charge in [-0.05, 0) is 57.1 Å². The zero-order valence-electron chi connectivity index (χ0n) is 15.5. The summed E-state index contributed by atoms with van der Waals surface area (Å²) in [7, 11) is 0. The Labute approximate surface area is 157 Å². The molecule has 1 aliphatic rings. The number of aryl methyl sites for hydroxylation is 1. The van der Waals surface area contributed by atoms with Crippen molar-refractivity contribution < 1.29 is 18.0 Å². The van der Waals surface area contributed by atoms with Gasteiger partial charge in [-0.2, -0.15) is 13.2 Å². The highest BCUT2D eigenvalue weighted by atomic mass is 19.4. The molecule has 0 heterocycles. The molecule has 1 aliphatic carbocycles. The summed E-state index contributed by atoms with van der Waals surface area (Å²) in [6.45, 7) is 2.43. The second-order valence-corrected chi connectivity index (χ2v) is 6.78. The molecule has 1 amide bonds. The smallest absolute Gasteiger partial charge is 0.388 e. The van der Waals surface area contributed by atoms with E-state index in [1.807, 2.05) is 31.2 Å². The van der Waals surface area contributed by atoms with Crippen molar-refractivity contribution in [3.63, 3.8) is 0 Å². The molecule has 3 N–H and O–H groups in total. The number of halogens is 3. The molecule has 0 radical (unpaired) electrons. The van der Waals surface area contributed by atoms with Crippen LogP contribution in [-0.4, -0.2) is 24.3 Å². The number of benzene rings is 1. The van der Waals surface area contributed by atoms with E-state index < -0.39 is 11.9 Å². The van der Waals surface area contributed by atoms with Gasteiger partial charge in [-0.15, -0.1) is 0 Å². The predicted molar refractivity (Wildman–Crippen MR) is 101 cm³/mol. The normalized spacial score (nSPS) is 14.8. The highest BCUT2D eigenvalue weighted by Crippen LogP contribution is 2.30. The van der Waals surface area contributed by atoms with Gasteiger partial charge in [0.1, 0.15) is 5.71 Å². The molecule has 148 valence electrons. The van der Waals surface area contributed by atoms with E-state index in [-0.39, 0.29) is 11.5 Å². The average Bonchev–Trinajstić information content (AvgIpc) is 2.62. The lowest BCUT2D eigenvalue weighted by molar-refractivity contribution is -0.116. The van der Waals surface area contributed by atoms with Crippen molar-refractivity contribution in [2.75, 3.05) is 11.9 Å². The molecule has 0 bridgehead atoms. The monoisotopic (exact) mass is 381 g/mol. The maximum absolute atomic E-state index is 12.8. The lowest BCUT2D eigenvalue weighted by Gasteiger charge is -2.23. The summed E-state index contributed by atoms with van der Waals surface area (Å²) in [6.07, 6.45) is -0.580. The molecule has 27 heavy (non-hydrogen) atoms. The third kappa shape index (κ3) is 6.41. The molecule has 0 saturated heterocycles. The lowest BCUT2D eigenvalue weighted by atomic mass is 9.92. The molecule has 0 fully saturated rings. The average molecular weight is 381 g/mol. The summed E-state index contributed by atoms with van der Waals surface area (Å²) >= 11 is 0. The Bertz CT molecular complexity index is 711. The number of allylic oxidation sites excluding steroid dienone is 2. The van der Waals surface area contributed by atoms with E-state index in [1.165, 1.54) is 0 Å². The Morgan fingerprint density at radius 3 is 2.56 bits per heavy atom. The summed E-state index contributed by atoms with van der Waals surface area (Å²) in [6, 6.07) is 7.54. The fourth-order valence-electron chi connectivity index (χ4n) is 3.12. The quantitative estimate of drug-likeness (QED) is 0.433. The zero-order chi connectivity index (χ0) is 19.9. The molecule has 0 unspecified atom stereocenters. The predicted octanol–water partition coefficient (Wildman–Crippen LogP) is 5.10. The van der Waals surface area contributed by atoms with Crippen molar-refractivity contribution >= 4 is 17.3 Å². The van der Waals surface area contributed by atoms with Crippen LogP contribution >= 0.6 is 0 Å². The molecule has 0 spiro atoms. The number of carbonyl (C=O) groups is 1. The third-order valence-electron chi connectivity index (χ3n) is 4.64. The van der Waals surface area contributed by atoms with E-state index in [4.69, 9.17) is 5.41 Å². The standard InChI is InChI=1S/C20H26F3N3O/c1-14-8-2-4-10-16(14)26-18(27)12-6-7-13-25-17-11-5-3-9-15(17)19(24)20(21,22)23/h2,4,8,10,24-25H,3,5-7,9,11-13H2,1H3,(H,26,27). The van der Waals surface area contributed by atoms with E-state index in [2.05, 4.69) is 10.6 Å². The van der Waals surface area contributed by atoms with Crippen molar-refractivity contribution in [2.24, 2.45) is 0 Å². The number of anilines is 1. The third-order valence-corrected chi connectivity index (χ3v) is 4.64. The number of nitrogens with one attached hydrogen (secondary N) is 3. The number of hydrogen-bond acceptors (Lipinski definition) is 3. The van der Waals surface area contributed by atoms with Crippen molar-refractivity contribution in [3.8, 4) is 0 Å². The molecule has 0 atom stereocenters. The SMILES string of the molecule is Cc1ccccc1NC(=O)CCCCNC1=C(C(=N)C(F)(F)F)CCCC1. The number of amides is 1. The minimum atomic E-state index is -4.60. The van der Waals surface area contributed by atoms with Gasteiger partial charge in [0, 0.05) is 29.9 Å². The lowest BCUT2D eigenvalue weighted by Crippen LogP contribution is -2.29. The van der Waals surface area contributed by atoms with E-state index >= 15 is 0 Å². The first-order chi connectivity index (χ1) is 12.8. The van der Waals surface area contributed by atoms with Gasteiger partial charge in [0.15, 0.2) is 0 Å². The number of para-hydroxylation sites is 1. The maximum atomic E-state index is 12.8. The molecule has 4 nitrogen and oxygen atoms in total. The summed E-state index contributed by atoms with van der Waals surface area (Å²) in [5.74, 6) is -0.0688. The topological polar surface area (TPSA) is 65.0 Å². The number of rotatable bonds is 8. The van der Waals surface area contributed by atoms with Gasteiger partial charge >= 0.3 is 6.18 Å². The van der Waals surface area contributed by atoms with Gasteiger partial charge in [-0.25, -0.2) is 0 Å². The summed E-state index contributed by atoms with van der Waals surface area (Å²) in [4.78, 5) is 12.0. The molecule has 2 rings (SSSR count). The van der Waals surface area contributed by atoms with Crippen molar-refractivity contribution in [2.45, 2.75) is 58.0 Å². The first-order valence-electron chi connectivity index (χ1n) is 9.26. The van der Waals surface area contributed by atoms with E-state index in [0.717, 1.165) is 17.7 Å². The molecular formula is C20H26F3N3O. The van der Waals surface area contributed by atoms with Crippen LogP contribution in [0.5, 0.6) is 0 Å². The molecule has 0 saturated carbocycles. The fraction of sp³-hybridized carbons (Fsp3) is 0.500. The first-order valence-corrected chi connectivity index (χ1v) is 9.26. The molecule has 7 heteroatoms. The second kappa shape index (κ2) is 9.58. The summed E-state index contributed by atoms with van der Waals surface area (Å²) < 4.78 is 38.4. The van der Waals surface area contributed by atoms with Crippen LogP contribution in [0, 0.1) is 12.3 Å². The Hall–Kier alpha value is -2.31. The molecule has 1 aromatic carbocycles. The maximum Gasteiger partial charge on any atom is 0.432 e. The van der Waals surface area contributed by atoms with Gasteiger partial charge in [0.25, 0.3) is 0 Å². The molecular weight excluding hydrogens is 355 g/mol. The highest BCUT2D eigenvalue weighted by Gasteiger charge is 2.38. The van der Waals surface area contributed by atoms with Gasteiger partial charge in [0.2, 0.25) is 5.91 Å². The van der Waals surface area contributed by atoms with Gasteiger partial charge in [-0.1, -0.05) is 18.2 Å². The van der Waals surface area contributed by atoms with Crippen LogP contribution in [0.1, 0.15) is 50.5 Å². The van der Waals surface area contributed by atoms with Crippen LogP contribution in [-0.2, 0) is 4.79 Å². The second-order valence-electron chi connectivity index (χ2n) is 6.78. The Balaban J connectivity index is 1.77. The summed E-state index contributed by atoms with van der Waals surface area (Å²) in [5.41, 5.74) is 1.18. The highest BCUT2D eigenvalue weighted by molar-refractivity contribution is 6.02. The van der Waals surface area contributed by atoms with Crippen LogP contribution in [0.25, 0.3) is 0 Å². The van der Waals surface area contributed by atoms with Crippen molar-refractivity contribution in [1.29, 1.82) is 5.41 Å². The molecule has 0 aromatic heterocycles. The zero-order valence-corrected chi connectivity index (χ0v) is 15.5. The molecule has 1 aromatic rings. The van der Waals surface area contributed by atoms with Crippen LogP contribution in [0.15, 0.2) is 35.5 Å². The van der Waals surface area contributed by atoms with E-state index in [9.17, 15) is 18.0 Å². The number of alkyl halides is 3. The van der Waals surface area contributed by atoms with E-state index in [1.54, 1.807) is 0 Å². The van der Waals surface area contributed by atoms with Gasteiger partial charge in [0.05, 0.1) is 0 Å². The number of carbonyl (C=O) groups excluding carboxylic acids is 1. The van der Waals surface area contributed by atoms with Crippen molar-refractivity contribution in [1.82, 2.24) is 5.32 Å². The Morgan fingerprint density at radius 2 is 1.85 bits per heavy atom. The summed E-state index contributed by atoms with van der Waals surface area (Å²) in [5, 5.41) is 13.3. The minimum absolute atomic E-state index is 0.0688. The van der Waals surface area contributed by atoms with Gasteiger partial charge < -0.3 is 10.6 Å². The van der Waals surface area contributed by atoms with E-state index in [0.29, 0.717) is 50.8 Å². The largest absolute Gasteiger partial charge is 0.432 e. The van der Waals surface area contributed by atoms with Gasteiger partial charge in [-0.3, -0.25) is 10.2 Å². The van der Waals surface area contributed by atoms with Crippen LogP contribution in [0.4, 0.5) is 18.9 Å². The minimum Gasteiger partial charge on any atom is -0.388 e.